The smallest absolute Gasteiger partial charge is 0.270 e. The van der Waals surface area contributed by atoms with Crippen LogP contribution in [0.1, 0.15) is 23.0 Å². The number of pyridine rings is 1. The number of fused-ring (bicyclic) bond motifs is 1. The number of non-ortho nitro benzene ring substituents is 1. The second kappa shape index (κ2) is 9.04. The number of hydrogen-bond donors (Lipinski definition) is 0. The number of carbonyl (C=O) groups is 1. The van der Waals surface area contributed by atoms with Crippen molar-refractivity contribution in [1.29, 1.82) is 0 Å². The molecule has 0 radical (unpaired) electrons. The fourth-order valence-corrected chi connectivity index (χ4v) is 5.02. The number of aromatic nitrogens is 2. The molecule has 9 nitrogen and oxygen atoms in total. The number of rotatable bonds is 7. The van der Waals surface area contributed by atoms with E-state index in [1.165, 1.54) is 41.3 Å². The van der Waals surface area contributed by atoms with Gasteiger partial charge in [-0.1, -0.05) is 24.3 Å². The van der Waals surface area contributed by atoms with E-state index >= 15 is 0 Å². The highest BCUT2D eigenvalue weighted by Crippen LogP contribution is 2.33. The number of benzene rings is 2. The van der Waals surface area contributed by atoms with Gasteiger partial charge in [0.15, 0.2) is 15.0 Å². The van der Waals surface area contributed by atoms with Crippen molar-refractivity contribution in [2.45, 2.75) is 18.4 Å². The van der Waals surface area contributed by atoms with Gasteiger partial charge in [0.2, 0.25) is 0 Å². The third-order valence-corrected chi connectivity index (χ3v) is 7.73. The number of nitro groups is 1. The molecule has 2 aromatic carbocycles. The van der Waals surface area contributed by atoms with Gasteiger partial charge in [-0.3, -0.25) is 24.8 Å². The van der Waals surface area contributed by atoms with Gasteiger partial charge in [0.25, 0.3) is 11.6 Å². The molecule has 0 unspecified atom stereocenters. The van der Waals surface area contributed by atoms with Gasteiger partial charge in [-0.25, -0.2) is 13.4 Å². The Morgan fingerprint density at radius 3 is 2.52 bits per heavy atom. The van der Waals surface area contributed by atoms with Crippen molar-refractivity contribution in [2.75, 3.05) is 10.7 Å². The normalized spacial score (nSPS) is 11.4. The number of hydrogen-bond acceptors (Lipinski definition) is 8. The van der Waals surface area contributed by atoms with E-state index in [-0.39, 0.29) is 28.4 Å². The van der Waals surface area contributed by atoms with Gasteiger partial charge in [-0.2, -0.15) is 0 Å². The molecule has 0 aliphatic heterocycles. The van der Waals surface area contributed by atoms with Gasteiger partial charge in [-0.05, 0) is 42.5 Å². The average Bonchev–Trinajstić information content (AvgIpc) is 3.26. The SMILES string of the molecule is CCS(=O)(=O)c1ccc(C(=O)N(Cc2ccccn2)c2nc3ccc([N+](=O)[O-])cc3s2)cc1. The number of nitro benzene ring substituents is 1. The molecule has 4 rings (SSSR count). The van der Waals surface area contributed by atoms with Crippen LogP contribution in [-0.4, -0.2) is 35.0 Å². The van der Waals surface area contributed by atoms with E-state index in [2.05, 4.69) is 9.97 Å². The topological polar surface area (TPSA) is 123 Å². The van der Waals surface area contributed by atoms with Crippen LogP contribution in [-0.2, 0) is 16.4 Å². The zero-order valence-electron chi connectivity index (χ0n) is 17.4. The van der Waals surface area contributed by atoms with Crippen molar-refractivity contribution < 1.29 is 18.1 Å². The number of thiazole rings is 1. The zero-order valence-corrected chi connectivity index (χ0v) is 19.0. The summed E-state index contributed by atoms with van der Waals surface area (Å²) >= 11 is 1.16. The van der Waals surface area contributed by atoms with Crippen molar-refractivity contribution in [1.82, 2.24) is 9.97 Å². The van der Waals surface area contributed by atoms with Gasteiger partial charge in [0.05, 0.1) is 38.0 Å². The molecular formula is C22H18N4O5S2. The second-order valence-electron chi connectivity index (χ2n) is 7.05. The van der Waals surface area contributed by atoms with Gasteiger partial charge >= 0.3 is 0 Å². The van der Waals surface area contributed by atoms with E-state index in [1.54, 1.807) is 37.4 Å². The van der Waals surface area contributed by atoms with Crippen LogP contribution in [0.2, 0.25) is 0 Å². The highest BCUT2D eigenvalue weighted by atomic mass is 32.2. The first-order chi connectivity index (χ1) is 15.8. The number of carbonyl (C=O) groups excluding carboxylic acids is 1. The third kappa shape index (κ3) is 4.73. The summed E-state index contributed by atoms with van der Waals surface area (Å²) < 4.78 is 24.8. The molecule has 0 saturated carbocycles. The first-order valence-corrected chi connectivity index (χ1v) is 12.3. The van der Waals surface area contributed by atoms with E-state index in [0.29, 0.717) is 21.0 Å². The predicted molar refractivity (Wildman–Crippen MR) is 125 cm³/mol. The van der Waals surface area contributed by atoms with Gasteiger partial charge in [-0.15, -0.1) is 0 Å². The van der Waals surface area contributed by atoms with Crippen LogP contribution >= 0.6 is 11.3 Å². The maximum absolute atomic E-state index is 13.4. The molecule has 0 bridgehead atoms. The maximum Gasteiger partial charge on any atom is 0.270 e. The van der Waals surface area contributed by atoms with Crippen molar-refractivity contribution in [3.8, 4) is 0 Å². The Balaban J connectivity index is 1.74. The summed E-state index contributed by atoms with van der Waals surface area (Å²) in [7, 11) is -3.39. The molecule has 0 saturated heterocycles. The van der Waals surface area contributed by atoms with Crippen LogP contribution in [0.4, 0.5) is 10.8 Å². The Kier molecular flexibility index (Phi) is 6.16. The molecule has 4 aromatic rings. The molecule has 1 amide bonds. The van der Waals surface area contributed by atoms with E-state index in [9.17, 15) is 23.3 Å². The Bertz CT molecular complexity index is 1430. The standard InChI is InChI=1S/C22H18N4O5S2/c1-2-33(30,31)18-9-6-15(7-10-18)21(27)25(14-16-5-3-4-12-23-16)22-24-19-11-8-17(26(28)29)13-20(19)32-22/h3-13H,2,14H2,1H3. The monoisotopic (exact) mass is 482 g/mol. The fourth-order valence-electron chi connectivity index (χ4n) is 3.14. The van der Waals surface area contributed by atoms with E-state index in [1.807, 2.05) is 0 Å². The molecule has 0 atom stereocenters. The van der Waals surface area contributed by atoms with Crippen molar-refractivity contribution >= 4 is 48.1 Å². The Morgan fingerprint density at radius 2 is 1.88 bits per heavy atom. The van der Waals surface area contributed by atoms with Gasteiger partial charge in [0, 0.05) is 23.9 Å². The second-order valence-corrected chi connectivity index (χ2v) is 10.3. The lowest BCUT2D eigenvalue weighted by atomic mass is 10.2. The molecule has 0 spiro atoms. The lowest BCUT2D eigenvalue weighted by molar-refractivity contribution is -0.384. The quantitative estimate of drug-likeness (QED) is 0.285. The number of anilines is 1. The fraction of sp³-hybridized carbons (Fsp3) is 0.136. The van der Waals surface area contributed by atoms with Crippen LogP contribution in [0.15, 0.2) is 71.8 Å². The zero-order chi connectivity index (χ0) is 23.6. The van der Waals surface area contributed by atoms with Crippen LogP contribution in [0.5, 0.6) is 0 Å². The lowest BCUT2D eigenvalue weighted by Crippen LogP contribution is -2.30. The molecule has 33 heavy (non-hydrogen) atoms. The highest BCUT2D eigenvalue weighted by molar-refractivity contribution is 7.91. The highest BCUT2D eigenvalue weighted by Gasteiger charge is 2.23. The molecule has 0 fully saturated rings. The van der Waals surface area contributed by atoms with E-state index < -0.39 is 20.7 Å². The Labute approximate surface area is 193 Å². The van der Waals surface area contributed by atoms with Crippen LogP contribution in [0, 0.1) is 10.1 Å². The maximum atomic E-state index is 13.4. The molecule has 2 heterocycles. The average molecular weight is 483 g/mol. The van der Waals surface area contributed by atoms with Gasteiger partial charge in [0.1, 0.15) is 0 Å². The van der Waals surface area contributed by atoms with Crippen molar-refractivity contribution in [3.05, 3.63) is 88.2 Å². The minimum absolute atomic E-state index is 0.0378. The molecule has 0 N–H and O–H groups in total. The molecule has 0 aliphatic carbocycles. The largest absolute Gasteiger partial charge is 0.278 e. The number of nitrogens with zero attached hydrogens (tertiary/aromatic N) is 4. The molecule has 2 aromatic heterocycles. The summed E-state index contributed by atoms with van der Waals surface area (Å²) in [6, 6.07) is 15.4. The molecular weight excluding hydrogens is 464 g/mol. The summed E-state index contributed by atoms with van der Waals surface area (Å²) in [4.78, 5) is 34.4. The Morgan fingerprint density at radius 1 is 1.12 bits per heavy atom. The van der Waals surface area contributed by atoms with Crippen LogP contribution in [0.3, 0.4) is 0 Å². The summed E-state index contributed by atoms with van der Waals surface area (Å²) in [6.45, 7) is 1.68. The van der Waals surface area contributed by atoms with E-state index in [0.717, 1.165) is 11.3 Å². The molecule has 168 valence electrons. The molecule has 0 aliphatic rings. The van der Waals surface area contributed by atoms with Crippen molar-refractivity contribution in [3.63, 3.8) is 0 Å². The third-order valence-electron chi connectivity index (χ3n) is 4.93. The van der Waals surface area contributed by atoms with Crippen molar-refractivity contribution in [2.24, 2.45) is 0 Å². The number of amides is 1. The minimum Gasteiger partial charge on any atom is -0.278 e. The summed E-state index contributed by atoms with van der Waals surface area (Å²) in [5.41, 5.74) is 1.38. The van der Waals surface area contributed by atoms with Crippen LogP contribution < -0.4 is 4.90 Å². The van der Waals surface area contributed by atoms with E-state index in [4.69, 9.17) is 0 Å². The molecule has 11 heteroatoms. The first kappa shape index (κ1) is 22.5. The summed E-state index contributed by atoms with van der Waals surface area (Å²) in [6.07, 6.45) is 1.62. The minimum atomic E-state index is -3.39. The number of sulfone groups is 1. The van der Waals surface area contributed by atoms with Gasteiger partial charge < -0.3 is 0 Å². The summed E-state index contributed by atoms with van der Waals surface area (Å²) in [5.74, 6) is -0.432. The summed E-state index contributed by atoms with van der Waals surface area (Å²) in [5, 5.41) is 11.5. The first-order valence-electron chi connectivity index (χ1n) is 9.88. The van der Waals surface area contributed by atoms with Crippen LogP contribution in [0.25, 0.3) is 10.2 Å². The Hall–Kier alpha value is -3.70. The predicted octanol–water partition coefficient (Wildman–Crippen LogP) is 4.24. The lowest BCUT2D eigenvalue weighted by Gasteiger charge is -2.19.